The lowest BCUT2D eigenvalue weighted by molar-refractivity contribution is 0.0652. The summed E-state index contributed by atoms with van der Waals surface area (Å²) >= 11 is 3.09. The highest BCUT2D eigenvalue weighted by Crippen LogP contribution is 2.41. The summed E-state index contributed by atoms with van der Waals surface area (Å²) in [6, 6.07) is 8.68. The van der Waals surface area contributed by atoms with Crippen LogP contribution >= 0.6 is 15.9 Å². The number of ether oxygens (including phenoxy) is 1. The number of rotatable bonds is 1. The van der Waals surface area contributed by atoms with Gasteiger partial charge in [0, 0.05) is 18.1 Å². The Morgan fingerprint density at radius 3 is 2.70 bits per heavy atom. The lowest BCUT2D eigenvalue weighted by Crippen LogP contribution is -2.19. The van der Waals surface area contributed by atoms with Crippen molar-refractivity contribution in [1.82, 2.24) is 0 Å². The second-order valence-electron chi connectivity index (χ2n) is 4.71. The third-order valence-corrected chi connectivity index (χ3v) is 4.00. The van der Waals surface area contributed by atoms with E-state index in [1.807, 2.05) is 0 Å². The minimum atomic E-state index is -0.754. The van der Waals surface area contributed by atoms with Gasteiger partial charge >= 0.3 is 0 Å². The van der Waals surface area contributed by atoms with Crippen LogP contribution in [0.2, 0.25) is 0 Å². The van der Waals surface area contributed by atoms with E-state index in [0.29, 0.717) is 27.8 Å². The van der Waals surface area contributed by atoms with Gasteiger partial charge in [-0.05, 0) is 45.8 Å². The van der Waals surface area contributed by atoms with Gasteiger partial charge in [-0.15, -0.1) is 0 Å². The zero-order chi connectivity index (χ0) is 14.3. The molecule has 1 aliphatic heterocycles. The van der Waals surface area contributed by atoms with E-state index in [4.69, 9.17) is 4.74 Å². The Labute approximate surface area is 123 Å². The highest BCUT2D eigenvalue weighted by molar-refractivity contribution is 9.10. The quantitative estimate of drug-likeness (QED) is 0.839. The molecular weight excluding hydrogens is 330 g/mol. The first-order valence-electron chi connectivity index (χ1n) is 6.13. The summed E-state index contributed by atoms with van der Waals surface area (Å²) < 4.78 is 32.9. The van der Waals surface area contributed by atoms with E-state index < -0.39 is 23.8 Å². The minimum Gasteiger partial charge on any atom is -0.485 e. The predicted molar refractivity (Wildman–Crippen MR) is 73.4 cm³/mol. The van der Waals surface area contributed by atoms with Crippen molar-refractivity contribution in [2.24, 2.45) is 0 Å². The number of aliphatic hydroxyl groups is 1. The molecule has 1 heterocycles. The minimum absolute atomic E-state index is 0.303. The molecule has 0 amide bonds. The largest absolute Gasteiger partial charge is 0.485 e. The zero-order valence-electron chi connectivity index (χ0n) is 10.3. The summed E-state index contributed by atoms with van der Waals surface area (Å²) in [4.78, 5) is 0. The van der Waals surface area contributed by atoms with Crippen LogP contribution in [0, 0.1) is 11.6 Å². The predicted octanol–water partition coefficient (Wildman–Crippen LogP) is 4.28. The maximum absolute atomic E-state index is 13.6. The molecule has 2 nitrogen and oxygen atoms in total. The van der Waals surface area contributed by atoms with Crippen LogP contribution in [-0.4, -0.2) is 5.11 Å². The summed E-state index contributed by atoms with van der Waals surface area (Å²) in [6.45, 7) is 0. The van der Waals surface area contributed by atoms with Gasteiger partial charge in [-0.1, -0.05) is 6.07 Å². The number of aliphatic hydroxyl groups excluding tert-OH is 1. The Kier molecular flexibility index (Phi) is 3.48. The van der Waals surface area contributed by atoms with Crippen molar-refractivity contribution in [3.8, 4) is 5.75 Å². The van der Waals surface area contributed by atoms with Gasteiger partial charge in [0.25, 0.3) is 0 Å². The van der Waals surface area contributed by atoms with E-state index in [-0.39, 0.29) is 0 Å². The maximum Gasteiger partial charge on any atom is 0.137 e. The molecule has 2 atom stereocenters. The van der Waals surface area contributed by atoms with Crippen LogP contribution in [-0.2, 0) is 0 Å². The van der Waals surface area contributed by atoms with Gasteiger partial charge < -0.3 is 9.84 Å². The molecule has 20 heavy (non-hydrogen) atoms. The standard InChI is InChI=1S/C15H11BrF2O2/c16-11-4-1-8(5-12(11)18)14-7-13(19)10-3-2-9(17)6-15(10)20-14/h1-6,13-14,19H,7H2/t13-,14?/m1/s1. The molecule has 0 spiro atoms. The van der Waals surface area contributed by atoms with Crippen LogP contribution in [0.4, 0.5) is 8.78 Å². The summed E-state index contributed by atoms with van der Waals surface area (Å²) in [7, 11) is 0. The summed E-state index contributed by atoms with van der Waals surface area (Å²) in [5, 5.41) is 10.1. The van der Waals surface area contributed by atoms with Crippen molar-refractivity contribution in [3.63, 3.8) is 0 Å². The van der Waals surface area contributed by atoms with Gasteiger partial charge in [-0.25, -0.2) is 8.78 Å². The molecule has 104 valence electrons. The Bertz CT molecular complexity index is 660. The van der Waals surface area contributed by atoms with Gasteiger partial charge in [0.1, 0.15) is 23.5 Å². The van der Waals surface area contributed by atoms with E-state index in [1.54, 1.807) is 12.1 Å². The first-order chi connectivity index (χ1) is 9.54. The molecule has 0 fully saturated rings. The number of halogens is 3. The summed E-state index contributed by atoms with van der Waals surface area (Å²) in [5.74, 6) is -0.527. The SMILES string of the molecule is O[C@@H]1CC(c2ccc(Br)c(F)c2)Oc2cc(F)ccc21. The summed E-state index contributed by atoms with van der Waals surface area (Å²) in [6.07, 6.45) is -0.947. The molecule has 0 aromatic heterocycles. The monoisotopic (exact) mass is 340 g/mol. The fraction of sp³-hybridized carbons (Fsp3) is 0.200. The lowest BCUT2D eigenvalue weighted by Gasteiger charge is -2.30. The molecule has 1 aliphatic rings. The molecule has 5 heteroatoms. The van der Waals surface area contributed by atoms with Gasteiger partial charge in [0.15, 0.2) is 0 Å². The van der Waals surface area contributed by atoms with Gasteiger partial charge in [0.05, 0.1) is 10.6 Å². The third-order valence-electron chi connectivity index (χ3n) is 3.36. The first kappa shape index (κ1) is 13.5. The second-order valence-corrected chi connectivity index (χ2v) is 5.57. The Balaban J connectivity index is 1.96. The molecule has 0 radical (unpaired) electrons. The number of hydrogen-bond acceptors (Lipinski definition) is 2. The van der Waals surface area contributed by atoms with E-state index in [1.165, 1.54) is 24.3 Å². The molecule has 1 N–H and O–H groups in total. The first-order valence-corrected chi connectivity index (χ1v) is 6.93. The smallest absolute Gasteiger partial charge is 0.137 e. The van der Waals surface area contributed by atoms with Gasteiger partial charge in [-0.2, -0.15) is 0 Å². The molecule has 2 aromatic carbocycles. The third kappa shape index (κ3) is 2.43. The topological polar surface area (TPSA) is 29.5 Å². The van der Waals surface area contributed by atoms with Crippen molar-refractivity contribution >= 4 is 15.9 Å². The van der Waals surface area contributed by atoms with E-state index >= 15 is 0 Å². The number of fused-ring (bicyclic) bond motifs is 1. The lowest BCUT2D eigenvalue weighted by atomic mass is 9.95. The molecule has 0 aliphatic carbocycles. The fourth-order valence-electron chi connectivity index (χ4n) is 2.33. The van der Waals surface area contributed by atoms with Crippen molar-refractivity contribution in [1.29, 1.82) is 0 Å². The number of benzene rings is 2. The van der Waals surface area contributed by atoms with E-state index in [0.717, 1.165) is 0 Å². The molecule has 3 rings (SSSR count). The van der Waals surface area contributed by atoms with Crippen LogP contribution in [0.3, 0.4) is 0 Å². The van der Waals surface area contributed by atoms with Crippen LogP contribution in [0.25, 0.3) is 0 Å². The molecule has 0 saturated carbocycles. The molecular formula is C15H11BrF2O2. The van der Waals surface area contributed by atoms with Crippen molar-refractivity contribution < 1.29 is 18.6 Å². The van der Waals surface area contributed by atoms with Crippen LogP contribution in [0.15, 0.2) is 40.9 Å². The average molecular weight is 341 g/mol. The highest BCUT2D eigenvalue weighted by atomic mass is 79.9. The maximum atomic E-state index is 13.6. The Morgan fingerprint density at radius 1 is 1.15 bits per heavy atom. The zero-order valence-corrected chi connectivity index (χ0v) is 11.9. The molecule has 0 bridgehead atoms. The van der Waals surface area contributed by atoms with Crippen LogP contribution in [0.5, 0.6) is 5.75 Å². The highest BCUT2D eigenvalue weighted by Gasteiger charge is 2.28. The Hall–Kier alpha value is -1.46. The van der Waals surface area contributed by atoms with Crippen molar-refractivity contribution in [3.05, 3.63) is 63.6 Å². The van der Waals surface area contributed by atoms with Crippen LogP contribution in [0.1, 0.15) is 29.8 Å². The Morgan fingerprint density at radius 2 is 1.95 bits per heavy atom. The second kappa shape index (κ2) is 5.14. The van der Waals surface area contributed by atoms with Crippen LogP contribution < -0.4 is 4.74 Å². The van der Waals surface area contributed by atoms with Crippen molar-refractivity contribution in [2.75, 3.05) is 0 Å². The number of hydrogen-bond donors (Lipinski definition) is 1. The fourth-order valence-corrected chi connectivity index (χ4v) is 2.58. The average Bonchev–Trinajstić information content (AvgIpc) is 2.41. The van der Waals surface area contributed by atoms with E-state index in [2.05, 4.69) is 15.9 Å². The van der Waals surface area contributed by atoms with E-state index in [9.17, 15) is 13.9 Å². The molecule has 0 saturated heterocycles. The van der Waals surface area contributed by atoms with Gasteiger partial charge in [-0.3, -0.25) is 0 Å². The van der Waals surface area contributed by atoms with Gasteiger partial charge in [0.2, 0.25) is 0 Å². The van der Waals surface area contributed by atoms with Crippen molar-refractivity contribution in [2.45, 2.75) is 18.6 Å². The molecule has 1 unspecified atom stereocenters. The normalized spacial score (nSPS) is 21.2. The molecule has 2 aromatic rings. The summed E-state index contributed by atoms with van der Waals surface area (Å²) in [5.41, 5.74) is 1.17.